The van der Waals surface area contributed by atoms with Crippen molar-refractivity contribution in [3.05, 3.63) is 69.9 Å². The molecule has 0 aliphatic heterocycles. The van der Waals surface area contributed by atoms with Gasteiger partial charge in [0, 0.05) is 18.7 Å². The number of nitrogens with zero attached hydrogens (tertiary/aromatic N) is 1. The lowest BCUT2D eigenvalue weighted by Gasteiger charge is -2.09. The molecule has 3 aromatic rings. The molecule has 0 unspecified atom stereocenters. The van der Waals surface area contributed by atoms with Gasteiger partial charge in [0.2, 0.25) is 0 Å². The molecule has 0 bridgehead atoms. The van der Waals surface area contributed by atoms with Crippen LogP contribution in [0.25, 0.3) is 0 Å². The number of aromatic amines is 1. The van der Waals surface area contributed by atoms with Crippen molar-refractivity contribution in [1.82, 2.24) is 15.5 Å². The maximum absolute atomic E-state index is 13.4. The molecule has 8 nitrogen and oxygen atoms in total. The third-order valence-corrected chi connectivity index (χ3v) is 4.50. The molecule has 2 aromatic carbocycles. The molecule has 0 atom stereocenters. The van der Waals surface area contributed by atoms with Crippen molar-refractivity contribution in [1.29, 1.82) is 0 Å². The molecule has 162 valence electrons. The van der Waals surface area contributed by atoms with Gasteiger partial charge in [-0.05, 0) is 29.8 Å². The van der Waals surface area contributed by atoms with E-state index < -0.39 is 23.4 Å². The summed E-state index contributed by atoms with van der Waals surface area (Å²) < 4.78 is 36.9. The number of anilines is 1. The predicted octanol–water partition coefficient (Wildman–Crippen LogP) is 3.54. The van der Waals surface area contributed by atoms with E-state index in [1.54, 1.807) is 18.2 Å². The smallest absolute Gasteiger partial charge is 0.269 e. The highest BCUT2D eigenvalue weighted by molar-refractivity contribution is 6.34. The normalized spacial score (nSPS) is 10.5. The first-order valence-corrected chi connectivity index (χ1v) is 9.20. The number of H-pyrrole nitrogens is 1. The van der Waals surface area contributed by atoms with Crippen LogP contribution in [0.15, 0.2) is 36.4 Å². The van der Waals surface area contributed by atoms with Gasteiger partial charge in [0.05, 0.1) is 24.8 Å². The van der Waals surface area contributed by atoms with Crippen LogP contribution in [-0.4, -0.2) is 36.2 Å². The summed E-state index contributed by atoms with van der Waals surface area (Å²) in [6.07, 6.45) is 0. The van der Waals surface area contributed by atoms with Gasteiger partial charge in [-0.25, -0.2) is 8.78 Å². The molecule has 11 heteroatoms. The minimum Gasteiger partial charge on any atom is -0.497 e. The third kappa shape index (κ3) is 5.28. The molecule has 31 heavy (non-hydrogen) atoms. The Morgan fingerprint density at radius 2 is 1.65 bits per heavy atom. The lowest BCUT2D eigenvalue weighted by atomic mass is 10.2. The van der Waals surface area contributed by atoms with Gasteiger partial charge in [0.15, 0.2) is 17.5 Å². The number of hydrogen-bond donors (Lipinski definition) is 3. The lowest BCUT2D eigenvalue weighted by molar-refractivity contribution is 0.0945. The Hall–Kier alpha value is -3.66. The Kier molecular flexibility index (Phi) is 6.71. The average Bonchev–Trinajstić information content (AvgIpc) is 3.22. The van der Waals surface area contributed by atoms with E-state index >= 15 is 0 Å². The monoisotopic (exact) mass is 450 g/mol. The third-order valence-electron chi connectivity index (χ3n) is 4.18. The summed E-state index contributed by atoms with van der Waals surface area (Å²) in [5.74, 6) is -2.54. The van der Waals surface area contributed by atoms with E-state index in [0.29, 0.717) is 23.6 Å². The van der Waals surface area contributed by atoms with Crippen LogP contribution in [0.3, 0.4) is 0 Å². The summed E-state index contributed by atoms with van der Waals surface area (Å²) in [5.41, 5.74) is 0.536. The van der Waals surface area contributed by atoms with Gasteiger partial charge in [-0.15, -0.1) is 0 Å². The Balaban J connectivity index is 1.65. The molecule has 2 amide bonds. The molecule has 3 rings (SSSR count). The molecule has 1 aromatic heterocycles. The number of methoxy groups -OCH3 is 2. The van der Waals surface area contributed by atoms with Crippen LogP contribution in [-0.2, 0) is 6.54 Å². The van der Waals surface area contributed by atoms with E-state index in [0.717, 1.165) is 5.56 Å². The molecule has 0 radical (unpaired) electrons. The maximum Gasteiger partial charge on any atom is 0.269 e. The number of carbonyl (C=O) groups is 2. The van der Waals surface area contributed by atoms with E-state index in [2.05, 4.69) is 20.8 Å². The molecule has 0 saturated carbocycles. The van der Waals surface area contributed by atoms with Crippen molar-refractivity contribution in [2.45, 2.75) is 6.54 Å². The minimum absolute atomic E-state index is 0.000926. The first-order chi connectivity index (χ1) is 14.8. The molecule has 0 fully saturated rings. The average molecular weight is 451 g/mol. The van der Waals surface area contributed by atoms with Crippen LogP contribution in [0.4, 0.5) is 14.6 Å². The highest BCUT2D eigenvalue weighted by Crippen LogP contribution is 2.23. The summed E-state index contributed by atoms with van der Waals surface area (Å²) >= 11 is 5.78. The van der Waals surface area contributed by atoms with Gasteiger partial charge >= 0.3 is 0 Å². The Morgan fingerprint density at radius 3 is 2.29 bits per heavy atom. The van der Waals surface area contributed by atoms with E-state index in [4.69, 9.17) is 21.1 Å². The number of amides is 2. The SMILES string of the molecule is COc1cc(CNC(=O)c2cc(NC(=O)c3cc(F)c(F)cc3Cl)n[nH]2)cc(OC)c1. The summed E-state index contributed by atoms with van der Waals surface area (Å²) in [6, 6.07) is 7.85. The summed E-state index contributed by atoms with van der Waals surface area (Å²) in [7, 11) is 3.04. The fourth-order valence-electron chi connectivity index (χ4n) is 2.63. The van der Waals surface area contributed by atoms with Crippen LogP contribution < -0.4 is 20.1 Å². The van der Waals surface area contributed by atoms with E-state index in [1.807, 2.05) is 0 Å². The number of nitrogens with one attached hydrogen (secondary N) is 3. The van der Waals surface area contributed by atoms with Gasteiger partial charge in [-0.3, -0.25) is 14.7 Å². The highest BCUT2D eigenvalue weighted by Gasteiger charge is 2.17. The second-order valence-electron chi connectivity index (χ2n) is 6.27. The van der Waals surface area contributed by atoms with Crippen molar-refractivity contribution >= 4 is 29.2 Å². The zero-order valence-corrected chi connectivity index (χ0v) is 17.1. The van der Waals surface area contributed by atoms with Crippen molar-refractivity contribution in [2.75, 3.05) is 19.5 Å². The first kappa shape index (κ1) is 22.0. The Morgan fingerprint density at radius 1 is 1.00 bits per heavy atom. The molecule has 0 aliphatic rings. The number of halogens is 3. The minimum atomic E-state index is -1.22. The number of hydrogen-bond acceptors (Lipinski definition) is 5. The molecule has 0 saturated heterocycles. The van der Waals surface area contributed by atoms with E-state index in [9.17, 15) is 18.4 Å². The Labute approximate surface area is 180 Å². The molecular formula is C20H17ClF2N4O4. The number of carbonyl (C=O) groups excluding carboxylic acids is 2. The van der Waals surface area contributed by atoms with E-state index in [-0.39, 0.29) is 28.6 Å². The molecule has 0 aliphatic carbocycles. The summed E-state index contributed by atoms with van der Waals surface area (Å²) in [4.78, 5) is 24.6. The van der Waals surface area contributed by atoms with Crippen LogP contribution in [0.1, 0.15) is 26.4 Å². The molecule has 1 heterocycles. The van der Waals surface area contributed by atoms with Gasteiger partial charge in [-0.1, -0.05) is 11.6 Å². The largest absolute Gasteiger partial charge is 0.497 e. The van der Waals surface area contributed by atoms with Crippen molar-refractivity contribution in [3.63, 3.8) is 0 Å². The molecule has 0 spiro atoms. The van der Waals surface area contributed by atoms with Gasteiger partial charge in [0.25, 0.3) is 11.8 Å². The number of rotatable bonds is 7. The fourth-order valence-corrected chi connectivity index (χ4v) is 2.86. The van der Waals surface area contributed by atoms with Crippen LogP contribution in [0.2, 0.25) is 5.02 Å². The lowest BCUT2D eigenvalue weighted by Crippen LogP contribution is -2.23. The van der Waals surface area contributed by atoms with Crippen LogP contribution in [0.5, 0.6) is 11.5 Å². The first-order valence-electron chi connectivity index (χ1n) is 8.82. The topological polar surface area (TPSA) is 105 Å². The predicted molar refractivity (Wildman–Crippen MR) is 109 cm³/mol. The second-order valence-corrected chi connectivity index (χ2v) is 6.68. The van der Waals surface area contributed by atoms with Crippen molar-refractivity contribution in [3.8, 4) is 11.5 Å². The van der Waals surface area contributed by atoms with Crippen molar-refractivity contribution < 1.29 is 27.8 Å². The van der Waals surface area contributed by atoms with Crippen LogP contribution >= 0.6 is 11.6 Å². The standard InChI is InChI=1S/C20H17ClF2N4O4/c1-30-11-3-10(4-12(5-11)31-2)9-24-20(29)17-8-18(27-26-17)25-19(28)13-6-15(22)16(23)7-14(13)21/h3-8H,9H2,1-2H3,(H,24,29)(H2,25,26,27,28). The number of ether oxygens (including phenoxy) is 2. The zero-order valence-electron chi connectivity index (χ0n) is 16.4. The fraction of sp³-hybridized carbons (Fsp3) is 0.150. The van der Waals surface area contributed by atoms with E-state index in [1.165, 1.54) is 20.3 Å². The Bertz CT molecular complexity index is 1110. The van der Waals surface area contributed by atoms with Gasteiger partial charge in [-0.2, -0.15) is 5.10 Å². The molecular weight excluding hydrogens is 434 g/mol. The summed E-state index contributed by atoms with van der Waals surface area (Å²) in [5, 5.41) is 11.1. The van der Waals surface area contributed by atoms with Crippen LogP contribution in [0, 0.1) is 11.6 Å². The quantitative estimate of drug-likeness (QED) is 0.477. The summed E-state index contributed by atoms with van der Waals surface area (Å²) in [6.45, 7) is 0.178. The highest BCUT2D eigenvalue weighted by atomic mass is 35.5. The molecule has 3 N–H and O–H groups in total. The van der Waals surface area contributed by atoms with Gasteiger partial charge in [0.1, 0.15) is 17.2 Å². The van der Waals surface area contributed by atoms with Crippen molar-refractivity contribution in [2.24, 2.45) is 0 Å². The second kappa shape index (κ2) is 9.43. The maximum atomic E-state index is 13.4. The zero-order chi connectivity index (χ0) is 22.5. The van der Waals surface area contributed by atoms with Gasteiger partial charge < -0.3 is 20.1 Å². The number of benzene rings is 2. The number of aromatic nitrogens is 2.